The molecule has 0 spiro atoms. The van der Waals surface area contributed by atoms with Crippen LogP contribution in [0.3, 0.4) is 0 Å². The highest BCUT2D eigenvalue weighted by molar-refractivity contribution is 5.29. The first-order valence-corrected chi connectivity index (χ1v) is 12.9. The lowest BCUT2D eigenvalue weighted by atomic mass is 9.94. The predicted octanol–water partition coefficient (Wildman–Crippen LogP) is 4.62. The van der Waals surface area contributed by atoms with E-state index in [9.17, 15) is 10.2 Å². The molecule has 7 nitrogen and oxygen atoms in total. The molecule has 4 rings (SSSR count). The quantitative estimate of drug-likeness (QED) is 0.462. The van der Waals surface area contributed by atoms with Gasteiger partial charge in [-0.05, 0) is 37.5 Å². The Balaban J connectivity index is 1.58. The maximum atomic E-state index is 10.7. The Kier molecular flexibility index (Phi) is 9.53. The fourth-order valence-electron chi connectivity index (χ4n) is 4.62. The number of hydrogen-bond acceptors (Lipinski definition) is 7. The number of fused-ring (bicyclic) bond motifs is 1. The van der Waals surface area contributed by atoms with Gasteiger partial charge in [-0.1, -0.05) is 68.8 Å². The van der Waals surface area contributed by atoms with Gasteiger partial charge in [0.2, 0.25) is 0 Å². The topological polar surface area (TPSA) is 86.6 Å². The summed E-state index contributed by atoms with van der Waals surface area (Å²) in [6.07, 6.45) is 1.86. The van der Waals surface area contributed by atoms with Crippen molar-refractivity contribution in [3.63, 3.8) is 0 Å². The van der Waals surface area contributed by atoms with E-state index < -0.39 is 49.7 Å². The molecule has 0 aromatic heterocycles. The zero-order chi connectivity index (χ0) is 25.5. The SMILES string of the molecule is CC=CC1OC(c2ccc(OCCC)cc2)O[C@H]2[C@@H]([C@H](O)CO)OC(c3ccc(CCC)cc3)O[C@@H]12. The van der Waals surface area contributed by atoms with E-state index in [0.717, 1.165) is 36.1 Å². The molecule has 0 aliphatic carbocycles. The van der Waals surface area contributed by atoms with Crippen LogP contribution in [0.15, 0.2) is 60.7 Å². The fourth-order valence-corrected chi connectivity index (χ4v) is 4.62. The first kappa shape index (κ1) is 26.8. The summed E-state index contributed by atoms with van der Waals surface area (Å²) in [5.74, 6) is 0.782. The molecule has 7 atom stereocenters. The summed E-state index contributed by atoms with van der Waals surface area (Å²) in [5.41, 5.74) is 2.90. The standard InChI is InChI=1S/C29H38O7/c1-4-7-19-9-11-20(12-10-19)29-34-25(23(31)18-30)27-26(35-29)24(8-5-2)33-28(36-27)21-13-15-22(16-14-21)32-17-6-3/h5,8-16,23-31H,4,6-7,17-18H2,1-3H3/t23-,24?,25-,26+,27+,28?,29?/m1/s1. The molecule has 2 aliphatic rings. The second-order valence-electron chi connectivity index (χ2n) is 9.25. The normalized spacial score (nSPS) is 29.1. The summed E-state index contributed by atoms with van der Waals surface area (Å²) in [7, 11) is 0. The minimum absolute atomic E-state index is 0.436. The van der Waals surface area contributed by atoms with Crippen LogP contribution in [0.5, 0.6) is 5.75 Å². The molecular formula is C29H38O7. The molecule has 2 saturated heterocycles. The van der Waals surface area contributed by atoms with Crippen LogP contribution in [0.2, 0.25) is 0 Å². The number of ether oxygens (including phenoxy) is 5. The maximum absolute atomic E-state index is 10.7. The number of allylic oxidation sites excluding steroid dienone is 1. The Morgan fingerprint density at radius 3 is 2.11 bits per heavy atom. The molecule has 0 saturated carbocycles. The van der Waals surface area contributed by atoms with Crippen LogP contribution in [0.25, 0.3) is 0 Å². The Labute approximate surface area is 213 Å². The molecule has 2 N–H and O–H groups in total. The third-order valence-corrected chi connectivity index (χ3v) is 6.46. The molecule has 2 aromatic carbocycles. The van der Waals surface area contributed by atoms with Gasteiger partial charge in [0.1, 0.15) is 36.3 Å². The van der Waals surface area contributed by atoms with Crippen molar-refractivity contribution in [1.82, 2.24) is 0 Å². The molecule has 2 heterocycles. The van der Waals surface area contributed by atoms with Crippen molar-refractivity contribution >= 4 is 0 Å². The van der Waals surface area contributed by atoms with Crippen LogP contribution < -0.4 is 4.74 Å². The van der Waals surface area contributed by atoms with Crippen LogP contribution >= 0.6 is 0 Å². The Hall–Kier alpha value is -2.26. The minimum atomic E-state index is -1.14. The molecule has 2 aromatic rings. The van der Waals surface area contributed by atoms with Crippen LogP contribution in [0.4, 0.5) is 0 Å². The van der Waals surface area contributed by atoms with Crippen molar-refractivity contribution < 1.29 is 33.9 Å². The minimum Gasteiger partial charge on any atom is -0.494 e. The highest BCUT2D eigenvalue weighted by Crippen LogP contribution is 2.42. The maximum Gasteiger partial charge on any atom is 0.185 e. The van der Waals surface area contributed by atoms with E-state index in [0.29, 0.717) is 6.61 Å². The van der Waals surface area contributed by atoms with Gasteiger partial charge in [-0.2, -0.15) is 0 Å². The van der Waals surface area contributed by atoms with E-state index in [2.05, 4.69) is 26.0 Å². The van der Waals surface area contributed by atoms with Gasteiger partial charge in [0.15, 0.2) is 12.6 Å². The van der Waals surface area contributed by atoms with Crippen molar-refractivity contribution in [3.8, 4) is 5.75 Å². The Morgan fingerprint density at radius 1 is 0.861 bits per heavy atom. The highest BCUT2D eigenvalue weighted by atomic mass is 16.8. The van der Waals surface area contributed by atoms with Gasteiger partial charge in [-0.3, -0.25) is 0 Å². The van der Waals surface area contributed by atoms with E-state index >= 15 is 0 Å². The highest BCUT2D eigenvalue weighted by Gasteiger charge is 2.51. The number of aryl methyl sites for hydroxylation is 1. The number of aliphatic hydroxyl groups excluding tert-OH is 2. The third-order valence-electron chi connectivity index (χ3n) is 6.46. The van der Waals surface area contributed by atoms with Gasteiger partial charge in [0, 0.05) is 11.1 Å². The van der Waals surface area contributed by atoms with Crippen LogP contribution in [0.1, 0.15) is 62.9 Å². The van der Waals surface area contributed by atoms with Crippen molar-refractivity contribution in [2.24, 2.45) is 0 Å². The summed E-state index contributed by atoms with van der Waals surface area (Å²) < 4.78 is 30.9. The van der Waals surface area contributed by atoms with Gasteiger partial charge in [0.25, 0.3) is 0 Å². The second kappa shape index (κ2) is 12.8. The monoisotopic (exact) mass is 498 g/mol. The van der Waals surface area contributed by atoms with Gasteiger partial charge >= 0.3 is 0 Å². The number of benzene rings is 2. The van der Waals surface area contributed by atoms with Crippen molar-refractivity contribution in [1.29, 1.82) is 0 Å². The van der Waals surface area contributed by atoms with E-state index in [1.807, 2.05) is 55.5 Å². The molecule has 2 aliphatic heterocycles. The lowest BCUT2D eigenvalue weighted by Gasteiger charge is -2.49. The van der Waals surface area contributed by atoms with Crippen molar-refractivity contribution in [2.75, 3.05) is 13.2 Å². The molecule has 0 amide bonds. The van der Waals surface area contributed by atoms with Gasteiger partial charge in [-0.15, -0.1) is 0 Å². The first-order valence-electron chi connectivity index (χ1n) is 12.9. The van der Waals surface area contributed by atoms with Crippen LogP contribution in [-0.4, -0.2) is 53.9 Å². The molecule has 3 unspecified atom stereocenters. The second-order valence-corrected chi connectivity index (χ2v) is 9.25. The summed E-state index contributed by atoms with van der Waals surface area (Å²) in [6, 6.07) is 15.7. The van der Waals surface area contributed by atoms with Gasteiger partial charge < -0.3 is 33.9 Å². The van der Waals surface area contributed by atoms with Crippen LogP contribution in [0, 0.1) is 0 Å². The van der Waals surface area contributed by atoms with E-state index in [1.54, 1.807) is 0 Å². The van der Waals surface area contributed by atoms with E-state index in [4.69, 9.17) is 23.7 Å². The zero-order valence-corrected chi connectivity index (χ0v) is 21.3. The molecule has 0 radical (unpaired) electrons. The smallest absolute Gasteiger partial charge is 0.185 e. The molecule has 36 heavy (non-hydrogen) atoms. The van der Waals surface area contributed by atoms with Gasteiger partial charge in [0.05, 0.1) is 13.2 Å². The van der Waals surface area contributed by atoms with E-state index in [1.165, 1.54) is 5.56 Å². The zero-order valence-electron chi connectivity index (χ0n) is 21.3. The lowest BCUT2D eigenvalue weighted by Crippen LogP contribution is -2.61. The molecule has 0 bridgehead atoms. The molecule has 7 heteroatoms. The average Bonchev–Trinajstić information content (AvgIpc) is 2.92. The Morgan fingerprint density at radius 2 is 1.50 bits per heavy atom. The summed E-state index contributed by atoms with van der Waals surface area (Å²) in [6.45, 7) is 6.33. The van der Waals surface area contributed by atoms with Gasteiger partial charge in [-0.25, -0.2) is 0 Å². The third kappa shape index (κ3) is 6.17. The van der Waals surface area contributed by atoms with Crippen LogP contribution in [-0.2, 0) is 25.4 Å². The summed E-state index contributed by atoms with van der Waals surface area (Å²) in [5, 5.41) is 20.5. The van der Waals surface area contributed by atoms with Crippen molar-refractivity contribution in [3.05, 3.63) is 77.4 Å². The lowest BCUT2D eigenvalue weighted by molar-refractivity contribution is -0.385. The summed E-state index contributed by atoms with van der Waals surface area (Å²) in [4.78, 5) is 0. The first-order chi connectivity index (χ1) is 17.6. The molecule has 196 valence electrons. The largest absolute Gasteiger partial charge is 0.494 e. The average molecular weight is 499 g/mol. The fraction of sp³-hybridized carbons (Fsp3) is 0.517. The number of aliphatic hydroxyl groups is 2. The number of hydrogen-bond donors (Lipinski definition) is 2. The van der Waals surface area contributed by atoms with Crippen molar-refractivity contribution in [2.45, 2.75) is 83.1 Å². The predicted molar refractivity (Wildman–Crippen MR) is 136 cm³/mol. The number of rotatable bonds is 10. The molecule has 2 fully saturated rings. The molecular weight excluding hydrogens is 460 g/mol. The Bertz CT molecular complexity index is 959. The summed E-state index contributed by atoms with van der Waals surface area (Å²) >= 11 is 0. The van der Waals surface area contributed by atoms with E-state index in [-0.39, 0.29) is 0 Å².